The number of nitrogens with one attached hydrogen (secondary N) is 2. The van der Waals surface area contributed by atoms with Crippen LogP contribution in [0, 0.1) is 0 Å². The molecule has 0 fully saturated rings. The average Bonchev–Trinajstić information content (AvgIpc) is 2.90. The van der Waals surface area contributed by atoms with E-state index in [2.05, 4.69) is 10.3 Å². The van der Waals surface area contributed by atoms with Crippen LogP contribution in [0.1, 0.15) is 60.3 Å². The van der Waals surface area contributed by atoms with Crippen molar-refractivity contribution >= 4 is 70.3 Å². The van der Waals surface area contributed by atoms with E-state index in [0.717, 1.165) is 0 Å². The second-order valence-corrected chi connectivity index (χ2v) is 17.8. The van der Waals surface area contributed by atoms with Gasteiger partial charge in [0, 0.05) is 47.5 Å². The molecule has 0 amide bonds. The van der Waals surface area contributed by atoms with E-state index in [4.69, 9.17) is 16.3 Å². The third kappa shape index (κ3) is 6.69. The third-order valence-electron chi connectivity index (χ3n) is 8.19. The molecule has 264 valence electrons. The van der Waals surface area contributed by atoms with Crippen molar-refractivity contribution in [2.24, 2.45) is 0 Å². The molecule has 0 unspecified atom stereocenters. The molecular formula is C32H28ClN2O12S3-. The predicted octanol–water partition coefficient (Wildman–Crippen LogP) is 1.19. The highest BCUT2D eigenvalue weighted by atomic mass is 35.5. The van der Waals surface area contributed by atoms with Crippen LogP contribution in [0.15, 0.2) is 53.4 Å². The summed E-state index contributed by atoms with van der Waals surface area (Å²) in [4.78, 5) is 14.7. The summed E-state index contributed by atoms with van der Waals surface area (Å²) in [7, 11) is -15.0. The van der Waals surface area contributed by atoms with Crippen LogP contribution in [0.25, 0.3) is 16.7 Å². The predicted molar refractivity (Wildman–Crippen MR) is 179 cm³/mol. The highest BCUT2D eigenvalue weighted by molar-refractivity contribution is 7.86. The highest BCUT2D eigenvalue weighted by Gasteiger charge is 2.37. The largest absolute Gasteiger partial charge is 0.748 e. The molecule has 50 heavy (non-hydrogen) atoms. The Kier molecular flexibility index (Phi) is 8.19. The average molecular weight is 764 g/mol. The lowest BCUT2D eigenvalue weighted by Crippen LogP contribution is -2.89. The molecule has 6 rings (SSSR count). The molecule has 0 spiro atoms. The lowest BCUT2D eigenvalue weighted by molar-refractivity contribution is -0.570. The van der Waals surface area contributed by atoms with Gasteiger partial charge in [-0.05, 0) is 54.8 Å². The standard InChI is InChI=1S/C32H29ClN2O12S3/c1-31(2)11-15(13-48(38,39)40)18-8-20-24(10-23(18)34-31)47-28-21(25(20)17-6-5-7-22(33)26(17)30(36)37)9-19-16(14-49(41,42)43)12-32(3,4)35-27(19)29(28)50(44,45)46/h5-12,34H,13-14H2,1-4H3,(H,36,37)(H,38,39,40)(H,41,42,43)(H,44,45,46)/p-1. The molecule has 3 aliphatic rings. The van der Waals surface area contributed by atoms with Crippen LogP contribution >= 0.6 is 11.6 Å². The summed E-state index contributed by atoms with van der Waals surface area (Å²) in [6.45, 7) is 6.58. The molecule has 14 nitrogen and oxygen atoms in total. The quantitative estimate of drug-likeness (QED) is 0.194. The van der Waals surface area contributed by atoms with Crippen LogP contribution in [0.3, 0.4) is 0 Å². The van der Waals surface area contributed by atoms with Gasteiger partial charge in [-0.1, -0.05) is 29.8 Å². The number of carboxylic acid groups (broad SMARTS) is 1. The molecule has 0 saturated heterocycles. The first-order valence-corrected chi connectivity index (χ1v) is 19.6. The van der Waals surface area contributed by atoms with E-state index in [1.807, 2.05) is 0 Å². The number of anilines is 1. The van der Waals surface area contributed by atoms with Gasteiger partial charge in [-0.25, -0.2) is 26.6 Å². The van der Waals surface area contributed by atoms with Gasteiger partial charge in [0.1, 0.15) is 21.6 Å². The summed E-state index contributed by atoms with van der Waals surface area (Å²) in [5.74, 6) is -3.94. The maximum atomic E-state index is 13.2. The molecule has 0 aliphatic carbocycles. The molecule has 0 saturated carbocycles. The van der Waals surface area contributed by atoms with E-state index in [1.165, 1.54) is 42.5 Å². The van der Waals surface area contributed by atoms with Gasteiger partial charge in [-0.15, -0.1) is 0 Å². The van der Waals surface area contributed by atoms with E-state index in [1.54, 1.807) is 33.8 Å². The molecule has 18 heteroatoms. The number of rotatable bonds is 7. The number of carboxylic acids is 1. The summed E-state index contributed by atoms with van der Waals surface area (Å²) in [5, 5.41) is 12.8. The molecule has 3 heterocycles. The first kappa shape index (κ1) is 35.7. The zero-order valence-electron chi connectivity index (χ0n) is 26.6. The zero-order chi connectivity index (χ0) is 36.9. The lowest BCUT2D eigenvalue weighted by atomic mass is 9.84. The Morgan fingerprint density at radius 3 is 2.18 bits per heavy atom. The van der Waals surface area contributed by atoms with Crippen LogP contribution in [-0.2, 0) is 30.4 Å². The molecule has 3 aromatic rings. The number of carbonyl (C=O) groups is 1. The normalized spacial score (nSPS) is 17.4. The van der Waals surface area contributed by atoms with Crippen molar-refractivity contribution in [3.05, 3.63) is 92.0 Å². The van der Waals surface area contributed by atoms with E-state index >= 15 is 0 Å². The van der Waals surface area contributed by atoms with Crippen LogP contribution < -0.4 is 25.6 Å². The Labute approximate surface area is 291 Å². The molecule has 0 radical (unpaired) electrons. The van der Waals surface area contributed by atoms with Crippen molar-refractivity contribution in [2.45, 2.75) is 43.7 Å². The van der Waals surface area contributed by atoms with Crippen LogP contribution in [0.4, 0.5) is 5.69 Å². The maximum absolute atomic E-state index is 13.2. The Morgan fingerprint density at radius 1 is 0.920 bits per heavy atom. The number of fused-ring (bicyclic) bond motifs is 4. The van der Waals surface area contributed by atoms with Crippen molar-refractivity contribution in [3.63, 3.8) is 0 Å². The van der Waals surface area contributed by atoms with Gasteiger partial charge in [0.05, 0.1) is 37.6 Å². The first-order chi connectivity index (χ1) is 22.8. The number of halogens is 1. The summed E-state index contributed by atoms with van der Waals surface area (Å²) >= 11 is 6.38. The van der Waals surface area contributed by atoms with E-state index in [9.17, 15) is 48.8 Å². The van der Waals surface area contributed by atoms with Crippen molar-refractivity contribution in [2.75, 3.05) is 16.8 Å². The Morgan fingerprint density at radius 2 is 1.58 bits per heavy atom. The third-order valence-corrected chi connectivity index (χ3v) is 10.7. The second-order valence-electron chi connectivity index (χ2n) is 13.3. The second kappa shape index (κ2) is 11.5. The van der Waals surface area contributed by atoms with Crippen molar-refractivity contribution in [1.82, 2.24) is 0 Å². The van der Waals surface area contributed by atoms with E-state index < -0.39 is 75.1 Å². The van der Waals surface area contributed by atoms with Crippen LogP contribution in [-0.4, -0.2) is 72.6 Å². The fourth-order valence-electron chi connectivity index (χ4n) is 6.66. The van der Waals surface area contributed by atoms with Gasteiger partial charge >= 0.3 is 5.97 Å². The topological polar surface area (TPSA) is 241 Å². The van der Waals surface area contributed by atoms with Crippen molar-refractivity contribution < 1.29 is 58.5 Å². The lowest BCUT2D eigenvalue weighted by Gasteiger charge is -2.34. The van der Waals surface area contributed by atoms with Gasteiger partial charge in [0.2, 0.25) is 5.36 Å². The Bertz CT molecular complexity index is 2610. The highest BCUT2D eigenvalue weighted by Crippen LogP contribution is 2.46. The monoisotopic (exact) mass is 763 g/mol. The van der Waals surface area contributed by atoms with Crippen molar-refractivity contribution in [3.8, 4) is 11.5 Å². The minimum Gasteiger partial charge on any atom is -0.748 e. The molecule has 4 N–H and O–H groups in total. The summed E-state index contributed by atoms with van der Waals surface area (Å²) in [6.07, 6.45) is 2.98. The van der Waals surface area contributed by atoms with Crippen LogP contribution in [0.2, 0.25) is 5.02 Å². The minimum absolute atomic E-state index is 0.0261. The summed E-state index contributed by atoms with van der Waals surface area (Å²) in [6, 6.07) is 8.30. The minimum atomic E-state index is -5.48. The van der Waals surface area contributed by atoms with E-state index in [-0.39, 0.29) is 60.3 Å². The fourth-order valence-corrected chi connectivity index (χ4v) is 8.96. The Hall–Kier alpha value is -4.10. The van der Waals surface area contributed by atoms with Gasteiger partial charge < -0.3 is 24.3 Å². The number of aromatic carboxylic acids is 1. The van der Waals surface area contributed by atoms with Gasteiger partial charge in [-0.3, -0.25) is 4.55 Å². The van der Waals surface area contributed by atoms with Gasteiger partial charge in [0.25, 0.3) is 10.1 Å². The molecular weight excluding hydrogens is 736 g/mol. The number of hydrogen-bond donors (Lipinski definition) is 4. The molecule has 3 aliphatic heterocycles. The first-order valence-electron chi connectivity index (χ1n) is 14.7. The summed E-state index contributed by atoms with van der Waals surface area (Å²) < 4.78 is 116. The number of hydrogen-bond acceptors (Lipinski definition) is 11. The van der Waals surface area contributed by atoms with Gasteiger partial charge in [0.15, 0.2) is 16.2 Å². The SMILES string of the molecule is CC1(C)C=C(CS(=O)(=O)O)c2cc3c(cc2N1)Oc1c(S(=O)(=O)[O-])c2c(cc1=C3c1cccc(Cl)c1C(=O)O)C(CS(=O)(=O)[O-])=CC(C)(C)[NH+]=2. The maximum Gasteiger partial charge on any atom is 0.337 e. The molecule has 3 aromatic carbocycles. The molecule has 0 bridgehead atoms. The van der Waals surface area contributed by atoms with Gasteiger partial charge in [-0.2, -0.15) is 8.42 Å². The smallest absolute Gasteiger partial charge is 0.337 e. The van der Waals surface area contributed by atoms with E-state index in [0.29, 0.717) is 5.69 Å². The Balaban J connectivity index is 1.86. The summed E-state index contributed by atoms with van der Waals surface area (Å²) in [5.41, 5.74) is -1.96. The fraction of sp³-hybridized carbons (Fsp3) is 0.250. The molecule has 0 atom stereocenters. The van der Waals surface area contributed by atoms with Crippen molar-refractivity contribution in [1.29, 1.82) is 0 Å². The zero-order valence-corrected chi connectivity index (χ0v) is 29.8. The van der Waals surface area contributed by atoms with Crippen LogP contribution in [0.5, 0.6) is 11.5 Å². The number of ether oxygens (including phenoxy) is 1. The number of benzene rings is 3. The molecule has 0 aromatic heterocycles.